The highest BCUT2D eigenvalue weighted by molar-refractivity contribution is 6.39. The average Bonchev–Trinajstić information content (AvgIpc) is 2.82. The fourth-order valence-corrected chi connectivity index (χ4v) is 3.04. The van der Waals surface area contributed by atoms with Crippen LogP contribution in [0.3, 0.4) is 0 Å². The van der Waals surface area contributed by atoms with E-state index in [9.17, 15) is 14.4 Å². The van der Waals surface area contributed by atoms with Crippen LogP contribution in [0.1, 0.15) is 16.7 Å². The normalized spacial score (nSPS) is 10.5. The summed E-state index contributed by atoms with van der Waals surface area (Å²) in [5.41, 5.74) is 4.99. The van der Waals surface area contributed by atoms with Gasteiger partial charge in [0.15, 0.2) is 6.61 Å². The van der Waals surface area contributed by atoms with Crippen molar-refractivity contribution in [2.24, 2.45) is 5.10 Å². The van der Waals surface area contributed by atoms with Crippen molar-refractivity contribution in [1.82, 2.24) is 10.7 Å². The summed E-state index contributed by atoms with van der Waals surface area (Å²) in [7, 11) is 0. The average molecular weight is 479 g/mol. The van der Waals surface area contributed by atoms with Crippen molar-refractivity contribution >= 4 is 41.2 Å². The Hall–Kier alpha value is -4.17. The van der Waals surface area contributed by atoms with Gasteiger partial charge in [-0.25, -0.2) is 5.43 Å². The third kappa shape index (κ3) is 7.75. The lowest BCUT2D eigenvalue weighted by molar-refractivity contribution is -0.136. The van der Waals surface area contributed by atoms with Crippen LogP contribution in [0.4, 0.5) is 5.69 Å². The Morgan fingerprint density at radius 3 is 2.53 bits per heavy atom. The van der Waals surface area contributed by atoms with Gasteiger partial charge in [-0.05, 0) is 48.4 Å². The molecule has 0 saturated heterocycles. The number of rotatable bonds is 8. The summed E-state index contributed by atoms with van der Waals surface area (Å²) in [5.74, 6) is -1.77. The lowest BCUT2D eigenvalue weighted by atomic mass is 10.2. The zero-order valence-electron chi connectivity index (χ0n) is 18.4. The van der Waals surface area contributed by atoms with Gasteiger partial charge in [0.05, 0.1) is 6.21 Å². The topological polar surface area (TPSA) is 109 Å². The smallest absolute Gasteiger partial charge is 0.329 e. The van der Waals surface area contributed by atoms with Crippen molar-refractivity contribution in [3.05, 3.63) is 94.5 Å². The lowest BCUT2D eigenvalue weighted by Crippen LogP contribution is -2.32. The minimum atomic E-state index is -0.942. The van der Waals surface area contributed by atoms with E-state index >= 15 is 0 Å². The van der Waals surface area contributed by atoms with E-state index in [-0.39, 0.29) is 12.5 Å². The monoisotopic (exact) mass is 478 g/mol. The van der Waals surface area contributed by atoms with Crippen molar-refractivity contribution in [2.45, 2.75) is 13.5 Å². The second-order valence-electron chi connectivity index (χ2n) is 7.26. The Morgan fingerprint density at radius 1 is 0.971 bits per heavy atom. The number of hydrazone groups is 1. The first-order chi connectivity index (χ1) is 16.4. The van der Waals surface area contributed by atoms with Crippen LogP contribution < -0.4 is 20.8 Å². The first-order valence-electron chi connectivity index (χ1n) is 10.3. The van der Waals surface area contributed by atoms with Gasteiger partial charge in [-0.3, -0.25) is 14.4 Å². The quantitative estimate of drug-likeness (QED) is 0.262. The minimum Gasteiger partial charge on any atom is -0.483 e. The van der Waals surface area contributed by atoms with Crippen LogP contribution in [-0.4, -0.2) is 30.5 Å². The van der Waals surface area contributed by atoms with Crippen molar-refractivity contribution in [2.75, 3.05) is 11.9 Å². The van der Waals surface area contributed by atoms with E-state index < -0.39 is 11.8 Å². The molecule has 0 aliphatic carbocycles. The first-order valence-corrected chi connectivity index (χ1v) is 10.7. The summed E-state index contributed by atoms with van der Waals surface area (Å²) in [6, 6.07) is 21.3. The Bertz CT molecular complexity index is 1200. The Kier molecular flexibility index (Phi) is 8.76. The number of benzene rings is 3. The Morgan fingerprint density at radius 2 is 1.76 bits per heavy atom. The standard InChI is InChI=1S/C25H23ClN4O4/c1-17-6-5-9-21(12-17)29-24(32)25(33)30-28-15-19-13-20(26)10-11-22(19)34-16-23(31)27-14-18-7-3-2-4-8-18/h2-13,15H,14,16H2,1H3,(H,27,31)(H,29,32)(H,30,33)/b28-15-. The number of nitrogens with zero attached hydrogens (tertiary/aromatic N) is 1. The molecule has 0 heterocycles. The third-order valence-corrected chi connectivity index (χ3v) is 4.75. The summed E-state index contributed by atoms with van der Waals surface area (Å²) >= 11 is 6.04. The maximum atomic E-state index is 12.1. The van der Waals surface area contributed by atoms with E-state index in [0.717, 1.165) is 11.1 Å². The van der Waals surface area contributed by atoms with Crippen LogP contribution >= 0.6 is 11.6 Å². The molecule has 0 atom stereocenters. The minimum absolute atomic E-state index is 0.222. The molecule has 3 amide bonds. The van der Waals surface area contributed by atoms with Gasteiger partial charge in [0.2, 0.25) is 0 Å². The Balaban J connectivity index is 1.53. The molecule has 3 N–H and O–H groups in total. The molecule has 3 aromatic carbocycles. The van der Waals surface area contributed by atoms with Crippen molar-refractivity contribution in [1.29, 1.82) is 0 Å². The summed E-state index contributed by atoms with van der Waals surface area (Å²) in [6.07, 6.45) is 1.28. The van der Waals surface area contributed by atoms with E-state index in [1.165, 1.54) is 6.21 Å². The summed E-state index contributed by atoms with van der Waals surface area (Å²) in [6.45, 7) is 2.03. The number of aryl methyl sites for hydroxylation is 1. The first kappa shape index (κ1) is 24.5. The molecule has 0 bridgehead atoms. The molecular weight excluding hydrogens is 456 g/mol. The number of carbonyl (C=O) groups is 3. The van der Waals surface area contributed by atoms with E-state index in [4.69, 9.17) is 16.3 Å². The molecule has 0 spiro atoms. The number of halogens is 1. The van der Waals surface area contributed by atoms with Crippen molar-refractivity contribution in [3.8, 4) is 5.75 Å². The number of hydrogen-bond donors (Lipinski definition) is 3. The second-order valence-corrected chi connectivity index (χ2v) is 7.69. The van der Waals surface area contributed by atoms with E-state index in [1.54, 1.807) is 36.4 Å². The fourth-order valence-electron chi connectivity index (χ4n) is 2.86. The molecule has 3 aromatic rings. The molecule has 0 aliphatic rings. The van der Waals surface area contributed by atoms with Gasteiger partial charge in [0.25, 0.3) is 5.91 Å². The number of anilines is 1. The highest BCUT2D eigenvalue weighted by Gasteiger charge is 2.13. The van der Waals surface area contributed by atoms with Gasteiger partial charge in [0, 0.05) is 22.8 Å². The predicted molar refractivity (Wildman–Crippen MR) is 131 cm³/mol. The van der Waals surface area contributed by atoms with Crippen LogP contribution in [-0.2, 0) is 20.9 Å². The largest absolute Gasteiger partial charge is 0.483 e. The number of nitrogens with one attached hydrogen (secondary N) is 3. The SMILES string of the molecule is Cc1cccc(NC(=O)C(=O)N/N=C\c2cc(Cl)ccc2OCC(=O)NCc2ccccc2)c1. The van der Waals surface area contributed by atoms with Crippen LogP contribution in [0.5, 0.6) is 5.75 Å². The molecule has 0 fully saturated rings. The summed E-state index contributed by atoms with van der Waals surface area (Å²) in [5, 5.41) is 9.47. The van der Waals surface area contributed by atoms with Gasteiger partial charge < -0.3 is 15.4 Å². The third-order valence-electron chi connectivity index (χ3n) is 4.52. The molecule has 0 unspecified atom stereocenters. The van der Waals surface area contributed by atoms with Crippen molar-refractivity contribution in [3.63, 3.8) is 0 Å². The van der Waals surface area contributed by atoms with E-state index in [1.807, 2.05) is 43.3 Å². The molecule has 3 rings (SSSR count). The number of carbonyl (C=O) groups excluding carboxylic acids is 3. The molecular formula is C25H23ClN4O4. The van der Waals surface area contributed by atoms with Gasteiger partial charge in [0.1, 0.15) is 5.75 Å². The lowest BCUT2D eigenvalue weighted by Gasteiger charge is -2.10. The fraction of sp³-hybridized carbons (Fsp3) is 0.120. The summed E-state index contributed by atoms with van der Waals surface area (Å²) in [4.78, 5) is 36.2. The highest BCUT2D eigenvalue weighted by atomic mass is 35.5. The van der Waals surface area contributed by atoms with E-state index in [2.05, 4.69) is 21.2 Å². The molecule has 8 nitrogen and oxygen atoms in total. The van der Waals surface area contributed by atoms with Crippen molar-refractivity contribution < 1.29 is 19.1 Å². The van der Waals surface area contributed by atoms with Crippen LogP contribution in [0.2, 0.25) is 5.02 Å². The maximum absolute atomic E-state index is 12.1. The number of amides is 3. The van der Waals surface area contributed by atoms with Crippen LogP contribution in [0.25, 0.3) is 0 Å². The Labute approximate surface area is 202 Å². The molecule has 34 heavy (non-hydrogen) atoms. The number of hydrogen-bond acceptors (Lipinski definition) is 5. The van der Waals surface area contributed by atoms with Gasteiger partial charge >= 0.3 is 11.8 Å². The highest BCUT2D eigenvalue weighted by Crippen LogP contribution is 2.21. The molecule has 9 heteroatoms. The predicted octanol–water partition coefficient (Wildman–Crippen LogP) is 3.43. The second kappa shape index (κ2) is 12.2. The van der Waals surface area contributed by atoms with Gasteiger partial charge in [-0.15, -0.1) is 0 Å². The zero-order chi connectivity index (χ0) is 24.3. The number of ether oxygens (including phenoxy) is 1. The van der Waals surface area contributed by atoms with Crippen LogP contribution in [0, 0.1) is 6.92 Å². The van der Waals surface area contributed by atoms with Gasteiger partial charge in [-0.2, -0.15) is 5.10 Å². The van der Waals surface area contributed by atoms with Crippen LogP contribution in [0.15, 0.2) is 77.9 Å². The molecule has 0 aromatic heterocycles. The molecule has 174 valence electrons. The molecule has 0 aliphatic heterocycles. The summed E-state index contributed by atoms with van der Waals surface area (Å²) < 4.78 is 5.58. The maximum Gasteiger partial charge on any atom is 0.329 e. The zero-order valence-corrected chi connectivity index (χ0v) is 19.1. The van der Waals surface area contributed by atoms with E-state index in [0.29, 0.717) is 28.6 Å². The van der Waals surface area contributed by atoms with Gasteiger partial charge in [-0.1, -0.05) is 54.1 Å². The molecule has 0 radical (unpaired) electrons. The molecule has 0 saturated carbocycles.